The second-order valence-corrected chi connectivity index (χ2v) is 7.14. The van der Waals surface area contributed by atoms with Crippen LogP contribution in [0.3, 0.4) is 0 Å². The molecule has 0 radical (unpaired) electrons. The first-order chi connectivity index (χ1) is 13.5. The van der Waals surface area contributed by atoms with E-state index in [1.807, 2.05) is 54.3 Å². The quantitative estimate of drug-likeness (QED) is 0.781. The maximum Gasteiger partial charge on any atom is 0.257 e. The number of aryl methyl sites for hydroxylation is 1. The van der Waals surface area contributed by atoms with Gasteiger partial charge in [-0.25, -0.2) is 0 Å². The Hall–Kier alpha value is -2.93. The van der Waals surface area contributed by atoms with Crippen molar-refractivity contribution in [3.8, 4) is 0 Å². The van der Waals surface area contributed by atoms with Crippen molar-refractivity contribution in [1.82, 2.24) is 10.2 Å². The minimum atomic E-state index is -0.233. The van der Waals surface area contributed by atoms with Crippen LogP contribution >= 0.6 is 12.2 Å². The Labute approximate surface area is 170 Å². The van der Waals surface area contributed by atoms with Crippen LogP contribution in [0.5, 0.6) is 0 Å². The highest BCUT2D eigenvalue weighted by Crippen LogP contribution is 2.26. The lowest BCUT2D eigenvalue weighted by molar-refractivity contribution is -0.129. The lowest BCUT2D eigenvalue weighted by atomic mass is 10.1. The number of benzene rings is 2. The number of amides is 2. The monoisotopic (exact) mass is 396 g/mol. The minimum absolute atomic E-state index is 0.103. The third-order valence-electron chi connectivity index (χ3n) is 4.83. The summed E-state index contributed by atoms with van der Waals surface area (Å²) in [6.07, 6.45) is 0. The number of hydrogen-bond acceptors (Lipinski definition) is 4. The van der Waals surface area contributed by atoms with E-state index in [9.17, 15) is 9.59 Å². The van der Waals surface area contributed by atoms with Gasteiger partial charge in [0.2, 0.25) is 5.91 Å². The molecule has 0 aliphatic carbocycles. The molecule has 0 unspecified atom stereocenters. The normalized spacial score (nSPS) is 13.8. The standard InChI is InChI=1S/C21H24N4O2S/c1-15-7-3-4-8-17(15)20(27)23-21(28)22-18-9-5-6-10-19(18)25-13-11-24(12-14-25)16(2)26/h3-10H,11-14H2,1-2H3,(H2,22,23,27,28). The molecule has 28 heavy (non-hydrogen) atoms. The van der Waals surface area contributed by atoms with Crippen LogP contribution in [0, 0.1) is 6.92 Å². The molecule has 1 fully saturated rings. The largest absolute Gasteiger partial charge is 0.366 e. The summed E-state index contributed by atoms with van der Waals surface area (Å²) >= 11 is 5.36. The van der Waals surface area contributed by atoms with Gasteiger partial charge < -0.3 is 15.1 Å². The van der Waals surface area contributed by atoms with E-state index in [4.69, 9.17) is 12.2 Å². The van der Waals surface area contributed by atoms with Gasteiger partial charge in [-0.15, -0.1) is 0 Å². The van der Waals surface area contributed by atoms with Gasteiger partial charge in [0.15, 0.2) is 5.11 Å². The number of nitrogens with one attached hydrogen (secondary N) is 2. The molecule has 1 aliphatic heterocycles. The van der Waals surface area contributed by atoms with Gasteiger partial charge in [-0.05, 0) is 42.9 Å². The average molecular weight is 397 g/mol. The van der Waals surface area contributed by atoms with Crippen molar-refractivity contribution >= 4 is 40.5 Å². The molecule has 1 aliphatic rings. The SMILES string of the molecule is CC(=O)N1CCN(c2ccccc2NC(=S)NC(=O)c2ccccc2C)CC1. The summed E-state index contributed by atoms with van der Waals surface area (Å²) in [7, 11) is 0. The Bertz CT molecular complexity index is 891. The summed E-state index contributed by atoms with van der Waals surface area (Å²) in [6.45, 7) is 6.37. The van der Waals surface area contributed by atoms with Gasteiger partial charge >= 0.3 is 0 Å². The van der Waals surface area contributed by atoms with Crippen molar-refractivity contribution in [2.45, 2.75) is 13.8 Å². The van der Waals surface area contributed by atoms with Gasteiger partial charge in [0, 0.05) is 38.7 Å². The zero-order valence-corrected chi connectivity index (χ0v) is 16.9. The molecule has 1 saturated heterocycles. The van der Waals surface area contributed by atoms with Crippen LogP contribution in [0.15, 0.2) is 48.5 Å². The van der Waals surface area contributed by atoms with Crippen molar-refractivity contribution in [1.29, 1.82) is 0 Å². The van der Waals surface area contributed by atoms with Crippen LogP contribution in [0.4, 0.5) is 11.4 Å². The molecule has 0 spiro atoms. The number of rotatable bonds is 3. The Morgan fingerprint density at radius 1 is 0.964 bits per heavy atom. The summed E-state index contributed by atoms with van der Waals surface area (Å²) in [5.41, 5.74) is 3.32. The summed E-state index contributed by atoms with van der Waals surface area (Å²) in [5, 5.41) is 6.14. The van der Waals surface area contributed by atoms with Crippen molar-refractivity contribution in [3.63, 3.8) is 0 Å². The van der Waals surface area contributed by atoms with Gasteiger partial charge in [0.1, 0.15) is 0 Å². The molecular weight excluding hydrogens is 372 g/mol. The molecule has 2 amide bonds. The third-order valence-corrected chi connectivity index (χ3v) is 5.04. The molecule has 6 nitrogen and oxygen atoms in total. The highest BCUT2D eigenvalue weighted by atomic mass is 32.1. The number of nitrogens with zero attached hydrogens (tertiary/aromatic N) is 2. The number of anilines is 2. The topological polar surface area (TPSA) is 64.7 Å². The predicted molar refractivity (Wildman–Crippen MR) is 116 cm³/mol. The van der Waals surface area contributed by atoms with Crippen molar-refractivity contribution in [2.24, 2.45) is 0 Å². The lowest BCUT2D eigenvalue weighted by Gasteiger charge is -2.36. The van der Waals surface area contributed by atoms with E-state index in [-0.39, 0.29) is 16.9 Å². The Kier molecular flexibility index (Phi) is 6.26. The minimum Gasteiger partial charge on any atom is -0.366 e. The zero-order valence-electron chi connectivity index (χ0n) is 16.1. The molecule has 2 aromatic carbocycles. The number of hydrogen-bond donors (Lipinski definition) is 2. The molecule has 0 saturated carbocycles. The van der Waals surface area contributed by atoms with E-state index in [0.29, 0.717) is 18.7 Å². The van der Waals surface area contributed by atoms with Crippen LogP contribution in [0.1, 0.15) is 22.8 Å². The fourth-order valence-corrected chi connectivity index (χ4v) is 3.47. The first-order valence-corrected chi connectivity index (χ1v) is 9.64. The predicted octanol–water partition coefficient (Wildman–Crippen LogP) is 2.79. The summed E-state index contributed by atoms with van der Waals surface area (Å²) in [6, 6.07) is 15.2. The zero-order chi connectivity index (χ0) is 20.1. The molecular formula is C21H24N4O2S. The lowest BCUT2D eigenvalue weighted by Crippen LogP contribution is -2.48. The van der Waals surface area contributed by atoms with Crippen LogP contribution in [-0.2, 0) is 4.79 Å². The number of thiocarbonyl (C=S) groups is 1. The number of piperazine rings is 1. The van der Waals surface area contributed by atoms with E-state index in [2.05, 4.69) is 15.5 Å². The van der Waals surface area contributed by atoms with Gasteiger partial charge in [0.05, 0.1) is 11.4 Å². The molecule has 2 aromatic rings. The van der Waals surface area contributed by atoms with E-state index < -0.39 is 0 Å². The summed E-state index contributed by atoms with van der Waals surface area (Å²) in [5.74, 6) is -0.130. The summed E-state index contributed by atoms with van der Waals surface area (Å²) in [4.78, 5) is 28.1. The molecule has 0 atom stereocenters. The van der Waals surface area contributed by atoms with Gasteiger partial charge in [0.25, 0.3) is 5.91 Å². The van der Waals surface area contributed by atoms with Gasteiger partial charge in [-0.1, -0.05) is 30.3 Å². The molecule has 3 rings (SSSR count). The maximum atomic E-state index is 12.5. The number of para-hydroxylation sites is 2. The Morgan fingerprint density at radius 2 is 1.61 bits per heavy atom. The maximum absolute atomic E-state index is 12.5. The second-order valence-electron chi connectivity index (χ2n) is 6.73. The number of carbonyl (C=O) groups excluding carboxylic acids is 2. The Balaban J connectivity index is 1.66. The Morgan fingerprint density at radius 3 is 2.29 bits per heavy atom. The van der Waals surface area contributed by atoms with E-state index >= 15 is 0 Å². The van der Waals surface area contributed by atoms with Gasteiger partial charge in [-0.3, -0.25) is 14.9 Å². The number of carbonyl (C=O) groups is 2. The van der Waals surface area contributed by atoms with Crippen LogP contribution in [0.2, 0.25) is 0 Å². The van der Waals surface area contributed by atoms with Crippen LogP contribution < -0.4 is 15.5 Å². The van der Waals surface area contributed by atoms with E-state index in [1.54, 1.807) is 13.0 Å². The highest BCUT2D eigenvalue weighted by molar-refractivity contribution is 7.80. The second kappa shape index (κ2) is 8.84. The molecule has 7 heteroatoms. The average Bonchev–Trinajstić information content (AvgIpc) is 2.68. The van der Waals surface area contributed by atoms with E-state index in [1.165, 1.54) is 0 Å². The molecule has 2 N–H and O–H groups in total. The molecule has 0 bridgehead atoms. The fourth-order valence-electron chi connectivity index (χ4n) is 3.27. The molecule has 146 valence electrons. The third kappa shape index (κ3) is 4.67. The molecule has 0 aromatic heterocycles. The van der Waals surface area contributed by atoms with Crippen molar-refractivity contribution in [3.05, 3.63) is 59.7 Å². The van der Waals surface area contributed by atoms with Crippen LogP contribution in [0.25, 0.3) is 0 Å². The van der Waals surface area contributed by atoms with E-state index in [0.717, 1.165) is 30.0 Å². The van der Waals surface area contributed by atoms with Crippen molar-refractivity contribution in [2.75, 3.05) is 36.4 Å². The first-order valence-electron chi connectivity index (χ1n) is 9.23. The fraction of sp³-hybridized carbons (Fsp3) is 0.286. The van der Waals surface area contributed by atoms with Gasteiger partial charge in [-0.2, -0.15) is 0 Å². The smallest absolute Gasteiger partial charge is 0.257 e. The highest BCUT2D eigenvalue weighted by Gasteiger charge is 2.21. The van der Waals surface area contributed by atoms with Crippen molar-refractivity contribution < 1.29 is 9.59 Å². The first kappa shape index (κ1) is 19.8. The summed E-state index contributed by atoms with van der Waals surface area (Å²) < 4.78 is 0. The van der Waals surface area contributed by atoms with Crippen LogP contribution in [-0.4, -0.2) is 48.0 Å². The molecule has 1 heterocycles.